The van der Waals surface area contributed by atoms with Crippen LogP contribution in [0.1, 0.15) is 22.6 Å². The van der Waals surface area contributed by atoms with Crippen LogP contribution in [0, 0.1) is 27.7 Å². The van der Waals surface area contributed by atoms with E-state index in [1.807, 2.05) is 62.7 Å². The van der Waals surface area contributed by atoms with E-state index < -0.39 is 0 Å². The lowest BCUT2D eigenvalue weighted by atomic mass is 10.1. The van der Waals surface area contributed by atoms with Gasteiger partial charge in [0.1, 0.15) is 0 Å². The molecule has 3 heterocycles. The number of nitrogens with one attached hydrogen (secondary N) is 1. The summed E-state index contributed by atoms with van der Waals surface area (Å²) in [6, 6.07) is 12.1. The van der Waals surface area contributed by atoms with Gasteiger partial charge in [0.2, 0.25) is 5.91 Å². The summed E-state index contributed by atoms with van der Waals surface area (Å²) in [5.74, 6) is 0.136. The maximum atomic E-state index is 12.6. The minimum absolute atomic E-state index is 0.0958. The summed E-state index contributed by atoms with van der Waals surface area (Å²) in [5, 5.41) is 12.7. The van der Waals surface area contributed by atoms with Gasteiger partial charge in [0, 0.05) is 12.6 Å². The number of carbonyl (C=O) groups is 1. The van der Waals surface area contributed by atoms with Crippen LogP contribution in [0.5, 0.6) is 0 Å². The molecule has 0 aliphatic heterocycles. The molecule has 0 fully saturated rings. The van der Waals surface area contributed by atoms with Crippen LogP contribution in [0.3, 0.4) is 0 Å². The molecule has 0 bridgehead atoms. The Balaban J connectivity index is 1.64. The van der Waals surface area contributed by atoms with Crippen molar-refractivity contribution in [1.29, 1.82) is 0 Å². The molecule has 0 saturated heterocycles. The summed E-state index contributed by atoms with van der Waals surface area (Å²) < 4.78 is 3.62. The van der Waals surface area contributed by atoms with Crippen LogP contribution in [0.15, 0.2) is 41.6 Å². The second-order valence-electron chi connectivity index (χ2n) is 7.34. The topological polar surface area (TPSA) is 77.1 Å². The second kappa shape index (κ2) is 7.95. The van der Waals surface area contributed by atoms with Crippen molar-refractivity contribution in [3.63, 3.8) is 0 Å². The highest BCUT2D eigenvalue weighted by molar-refractivity contribution is 7.99. The van der Waals surface area contributed by atoms with Gasteiger partial charge in [-0.3, -0.25) is 9.48 Å². The quantitative estimate of drug-likeness (QED) is 0.492. The van der Waals surface area contributed by atoms with Crippen LogP contribution in [-0.4, -0.2) is 36.0 Å². The highest BCUT2D eigenvalue weighted by Gasteiger charge is 2.19. The molecule has 0 aliphatic rings. The van der Waals surface area contributed by atoms with E-state index in [0.29, 0.717) is 5.16 Å². The van der Waals surface area contributed by atoms with Gasteiger partial charge in [-0.1, -0.05) is 42.1 Å². The van der Waals surface area contributed by atoms with E-state index in [-0.39, 0.29) is 11.7 Å². The number of hydrogen-bond donors (Lipinski definition) is 1. The number of carbonyl (C=O) groups excluding carboxylic acids is 1. The second-order valence-corrected chi connectivity index (χ2v) is 8.29. The molecule has 0 spiro atoms. The van der Waals surface area contributed by atoms with Crippen molar-refractivity contribution in [3.8, 4) is 11.3 Å². The normalized spacial score (nSPS) is 11.2. The van der Waals surface area contributed by atoms with Crippen LogP contribution in [0.25, 0.3) is 16.8 Å². The fourth-order valence-corrected chi connectivity index (χ4v) is 4.30. The van der Waals surface area contributed by atoms with Crippen LogP contribution in [0.2, 0.25) is 0 Å². The van der Waals surface area contributed by atoms with Gasteiger partial charge in [0.05, 0.1) is 39.7 Å². The Labute approximate surface area is 179 Å². The predicted octanol–water partition coefficient (Wildman–Crippen LogP) is 4.09. The SMILES string of the molecule is Cc1cc(C)c2c(-c3ccccc3)nc(SCC(=O)Nc3c(C)nn(C)c3C)n2n1. The summed E-state index contributed by atoms with van der Waals surface area (Å²) >= 11 is 1.38. The average Bonchev–Trinajstić information content (AvgIpc) is 3.19. The molecule has 4 rings (SSSR count). The number of fused-ring (bicyclic) bond motifs is 1. The zero-order valence-corrected chi connectivity index (χ0v) is 18.5. The standard InChI is InChI=1S/C22H24N6OS/c1-13-11-14(2)25-28-21(13)20(17-9-7-6-8-10-17)24-22(28)30-12-18(29)23-19-15(3)26-27(5)16(19)4/h6-11H,12H2,1-5H3,(H,23,29). The van der Waals surface area contributed by atoms with Crippen molar-refractivity contribution in [2.45, 2.75) is 32.9 Å². The first kappa shape index (κ1) is 20.2. The third kappa shape index (κ3) is 3.70. The highest BCUT2D eigenvalue weighted by Crippen LogP contribution is 2.31. The molecule has 0 radical (unpaired) electrons. The van der Waals surface area contributed by atoms with E-state index >= 15 is 0 Å². The van der Waals surface area contributed by atoms with E-state index in [1.165, 1.54) is 11.8 Å². The molecule has 30 heavy (non-hydrogen) atoms. The van der Waals surface area contributed by atoms with Gasteiger partial charge in [0.25, 0.3) is 0 Å². The molecular weight excluding hydrogens is 396 g/mol. The van der Waals surface area contributed by atoms with E-state index in [9.17, 15) is 4.79 Å². The Morgan fingerprint density at radius 2 is 1.83 bits per heavy atom. The zero-order chi connectivity index (χ0) is 21.4. The third-order valence-corrected chi connectivity index (χ3v) is 5.96. The van der Waals surface area contributed by atoms with Crippen molar-refractivity contribution < 1.29 is 4.79 Å². The van der Waals surface area contributed by atoms with Crippen molar-refractivity contribution in [2.75, 3.05) is 11.1 Å². The first-order valence-corrected chi connectivity index (χ1v) is 10.7. The van der Waals surface area contributed by atoms with Crippen molar-refractivity contribution >= 4 is 28.9 Å². The largest absolute Gasteiger partial charge is 0.322 e. The molecule has 1 amide bonds. The summed E-state index contributed by atoms with van der Waals surface area (Å²) in [6.45, 7) is 7.85. The van der Waals surface area contributed by atoms with Gasteiger partial charge in [-0.25, -0.2) is 9.50 Å². The number of aromatic nitrogens is 5. The molecule has 3 aromatic heterocycles. The number of amides is 1. The lowest BCUT2D eigenvalue weighted by molar-refractivity contribution is -0.113. The molecule has 4 aromatic rings. The van der Waals surface area contributed by atoms with Gasteiger partial charge >= 0.3 is 0 Å². The maximum absolute atomic E-state index is 12.6. The zero-order valence-electron chi connectivity index (χ0n) is 17.7. The maximum Gasteiger partial charge on any atom is 0.234 e. The number of nitrogens with zero attached hydrogens (tertiary/aromatic N) is 5. The monoisotopic (exact) mass is 420 g/mol. The van der Waals surface area contributed by atoms with E-state index in [2.05, 4.69) is 28.5 Å². The summed E-state index contributed by atoms with van der Waals surface area (Å²) in [7, 11) is 1.87. The van der Waals surface area contributed by atoms with Crippen LogP contribution in [-0.2, 0) is 11.8 Å². The van der Waals surface area contributed by atoms with Crippen LogP contribution >= 0.6 is 11.8 Å². The fourth-order valence-electron chi connectivity index (χ4n) is 3.56. The smallest absolute Gasteiger partial charge is 0.234 e. The van der Waals surface area contributed by atoms with Crippen molar-refractivity contribution in [2.24, 2.45) is 7.05 Å². The number of rotatable bonds is 5. The molecule has 7 nitrogen and oxygen atoms in total. The molecule has 8 heteroatoms. The Morgan fingerprint density at radius 3 is 2.50 bits per heavy atom. The number of benzene rings is 1. The summed E-state index contributed by atoms with van der Waals surface area (Å²) in [4.78, 5) is 17.5. The lowest BCUT2D eigenvalue weighted by Crippen LogP contribution is -2.15. The van der Waals surface area contributed by atoms with Crippen LogP contribution < -0.4 is 5.32 Å². The molecule has 0 atom stereocenters. The molecule has 154 valence electrons. The number of imidazole rings is 1. The first-order valence-electron chi connectivity index (χ1n) is 9.70. The Kier molecular flexibility index (Phi) is 5.34. The van der Waals surface area contributed by atoms with Crippen molar-refractivity contribution in [1.82, 2.24) is 24.4 Å². The first-order chi connectivity index (χ1) is 14.3. The minimum atomic E-state index is -0.0958. The van der Waals surface area contributed by atoms with Gasteiger partial charge < -0.3 is 5.32 Å². The van der Waals surface area contributed by atoms with Gasteiger partial charge in [-0.05, 0) is 39.3 Å². The molecule has 0 saturated carbocycles. The van der Waals surface area contributed by atoms with E-state index in [4.69, 9.17) is 4.98 Å². The molecule has 0 aliphatic carbocycles. The van der Waals surface area contributed by atoms with Gasteiger partial charge in [-0.2, -0.15) is 10.2 Å². The molecule has 1 N–H and O–H groups in total. The van der Waals surface area contributed by atoms with E-state index in [1.54, 1.807) is 4.68 Å². The average molecular weight is 421 g/mol. The van der Waals surface area contributed by atoms with Crippen LogP contribution in [0.4, 0.5) is 5.69 Å². The minimum Gasteiger partial charge on any atom is -0.322 e. The number of thioether (sulfide) groups is 1. The molecule has 0 unspecified atom stereocenters. The molecule has 1 aromatic carbocycles. The Bertz CT molecular complexity index is 1240. The fraction of sp³-hybridized carbons (Fsp3) is 0.273. The third-order valence-electron chi connectivity index (χ3n) is 5.03. The predicted molar refractivity (Wildman–Crippen MR) is 120 cm³/mol. The van der Waals surface area contributed by atoms with E-state index in [0.717, 1.165) is 45.1 Å². The Hall–Kier alpha value is -3.13. The summed E-state index contributed by atoms with van der Waals surface area (Å²) in [6.07, 6.45) is 0. The highest BCUT2D eigenvalue weighted by atomic mass is 32.2. The lowest BCUT2D eigenvalue weighted by Gasteiger charge is -2.06. The number of hydrogen-bond acceptors (Lipinski definition) is 5. The van der Waals surface area contributed by atoms with Gasteiger partial charge in [-0.15, -0.1) is 0 Å². The Morgan fingerprint density at radius 1 is 1.10 bits per heavy atom. The number of anilines is 1. The summed E-state index contributed by atoms with van der Waals surface area (Å²) in [5.41, 5.74) is 7.38. The number of aryl methyl sites for hydroxylation is 4. The van der Waals surface area contributed by atoms with Gasteiger partial charge in [0.15, 0.2) is 5.16 Å². The van der Waals surface area contributed by atoms with Crippen molar-refractivity contribution in [3.05, 3.63) is 59.0 Å². The molecular formula is C22H24N6OS.